The van der Waals surface area contributed by atoms with Crippen molar-refractivity contribution < 1.29 is 62.3 Å². The van der Waals surface area contributed by atoms with E-state index in [1.165, 1.54) is 12.1 Å². The third-order valence-corrected chi connectivity index (χ3v) is 5.70. The smallest absolute Gasteiger partial charge is 0.394 e. The maximum absolute atomic E-state index is 12.1. The normalized spacial score (nSPS) is 21.3. The minimum Gasteiger partial charge on any atom is -0.474 e. The summed E-state index contributed by atoms with van der Waals surface area (Å²) in [6, 6.07) is 12.8. The highest BCUT2D eigenvalue weighted by atomic mass is 16.7. The van der Waals surface area contributed by atoms with Crippen molar-refractivity contribution >= 4 is 41.4 Å². The van der Waals surface area contributed by atoms with Gasteiger partial charge in [-0.2, -0.15) is 0 Å². The van der Waals surface area contributed by atoms with Crippen LogP contribution in [0.5, 0.6) is 5.75 Å². The molecule has 1 saturated heterocycles. The Balaban J connectivity index is 2.04. The molecule has 0 bridgehead atoms. The zero-order valence-corrected chi connectivity index (χ0v) is 23.1. The quantitative estimate of drug-likeness (QED) is 0.246. The van der Waals surface area contributed by atoms with Crippen molar-refractivity contribution in [2.24, 2.45) is 0 Å². The SMILES string of the molecule is CC(=O)OC[C@H]1O[C@H](Oc2ccccc2-c2cccc(NC(=O)C(=O)O)c2)[C@@H](OC(C)=O)[C@@H](OC(C)=O)[C@@H]1OC(C)=O. The zero-order valence-electron chi connectivity index (χ0n) is 23.1. The summed E-state index contributed by atoms with van der Waals surface area (Å²) in [5, 5.41) is 11.2. The van der Waals surface area contributed by atoms with E-state index in [2.05, 4.69) is 5.32 Å². The number of carbonyl (C=O) groups excluding carboxylic acids is 5. The number of nitrogens with one attached hydrogen (secondary N) is 1. The van der Waals surface area contributed by atoms with Crippen LogP contribution in [0.4, 0.5) is 5.69 Å². The second-order valence-corrected chi connectivity index (χ2v) is 9.02. The summed E-state index contributed by atoms with van der Waals surface area (Å²) in [4.78, 5) is 70.3. The molecule has 3 rings (SSSR count). The fraction of sp³-hybridized carbons (Fsp3) is 0.357. The minimum atomic E-state index is -1.66. The zero-order chi connectivity index (χ0) is 31.0. The van der Waals surface area contributed by atoms with Gasteiger partial charge in [0.25, 0.3) is 0 Å². The van der Waals surface area contributed by atoms with E-state index in [1.807, 2.05) is 0 Å². The van der Waals surface area contributed by atoms with Crippen LogP contribution in [-0.2, 0) is 52.5 Å². The average molecular weight is 588 g/mol. The lowest BCUT2D eigenvalue weighted by molar-refractivity contribution is -0.288. The number of carbonyl (C=O) groups is 6. The Bertz CT molecular complexity index is 1360. The highest BCUT2D eigenvalue weighted by molar-refractivity contribution is 6.36. The molecule has 0 spiro atoms. The number of rotatable bonds is 9. The van der Waals surface area contributed by atoms with Gasteiger partial charge in [0.2, 0.25) is 12.4 Å². The average Bonchev–Trinajstić information content (AvgIpc) is 2.90. The number of carboxylic acid groups (broad SMARTS) is 1. The van der Waals surface area contributed by atoms with Crippen LogP contribution >= 0.6 is 0 Å². The van der Waals surface area contributed by atoms with E-state index < -0.39 is 73.1 Å². The minimum absolute atomic E-state index is 0.181. The number of amides is 1. The molecule has 2 N–H and O–H groups in total. The second kappa shape index (κ2) is 14.1. The molecule has 5 atom stereocenters. The maximum atomic E-state index is 12.1. The van der Waals surface area contributed by atoms with E-state index in [0.29, 0.717) is 11.1 Å². The van der Waals surface area contributed by atoms with Crippen molar-refractivity contribution in [2.75, 3.05) is 11.9 Å². The molecule has 14 nitrogen and oxygen atoms in total. The highest BCUT2D eigenvalue weighted by Gasteiger charge is 2.53. The molecule has 1 amide bonds. The van der Waals surface area contributed by atoms with E-state index >= 15 is 0 Å². The van der Waals surface area contributed by atoms with Crippen LogP contribution in [0.25, 0.3) is 11.1 Å². The second-order valence-electron chi connectivity index (χ2n) is 9.02. The summed E-state index contributed by atoms with van der Waals surface area (Å²) >= 11 is 0. The van der Waals surface area contributed by atoms with E-state index in [4.69, 9.17) is 33.5 Å². The molecule has 0 aromatic heterocycles. The molecule has 1 aliphatic rings. The van der Waals surface area contributed by atoms with Crippen LogP contribution in [0.2, 0.25) is 0 Å². The molecule has 2 aromatic carbocycles. The Hall–Kier alpha value is -4.98. The van der Waals surface area contributed by atoms with Crippen molar-refractivity contribution in [3.05, 3.63) is 48.5 Å². The number of para-hydroxylation sites is 1. The largest absolute Gasteiger partial charge is 0.474 e. The van der Waals surface area contributed by atoms with Crippen LogP contribution in [0.15, 0.2) is 48.5 Å². The van der Waals surface area contributed by atoms with Gasteiger partial charge in [0.15, 0.2) is 12.2 Å². The van der Waals surface area contributed by atoms with Crippen LogP contribution < -0.4 is 10.1 Å². The molecule has 1 aliphatic heterocycles. The van der Waals surface area contributed by atoms with Gasteiger partial charge in [-0.25, -0.2) is 4.79 Å². The van der Waals surface area contributed by atoms with Crippen molar-refractivity contribution in [2.45, 2.75) is 58.4 Å². The van der Waals surface area contributed by atoms with Gasteiger partial charge in [-0.15, -0.1) is 0 Å². The first-order valence-electron chi connectivity index (χ1n) is 12.6. The Morgan fingerprint density at radius 2 is 1.40 bits per heavy atom. The predicted molar refractivity (Wildman–Crippen MR) is 141 cm³/mol. The summed E-state index contributed by atoms with van der Waals surface area (Å²) in [6.07, 6.45) is -6.89. The van der Waals surface area contributed by atoms with Crippen LogP contribution in [0.1, 0.15) is 27.7 Å². The number of esters is 4. The lowest BCUT2D eigenvalue weighted by Gasteiger charge is -2.44. The Morgan fingerprint density at radius 3 is 2.02 bits per heavy atom. The van der Waals surface area contributed by atoms with Gasteiger partial charge in [0.05, 0.1) is 0 Å². The molecule has 42 heavy (non-hydrogen) atoms. The molecule has 1 heterocycles. The topological polar surface area (TPSA) is 190 Å². The van der Waals surface area contributed by atoms with Gasteiger partial charge < -0.3 is 38.8 Å². The first-order valence-corrected chi connectivity index (χ1v) is 12.6. The van der Waals surface area contributed by atoms with Crippen LogP contribution in [-0.4, -0.2) is 78.2 Å². The van der Waals surface area contributed by atoms with Gasteiger partial charge in [0.1, 0.15) is 18.5 Å². The molecule has 0 unspecified atom stereocenters. The molecule has 2 aromatic rings. The summed E-state index contributed by atoms with van der Waals surface area (Å²) < 4.78 is 33.5. The van der Waals surface area contributed by atoms with E-state index in [0.717, 1.165) is 27.7 Å². The molecule has 0 saturated carbocycles. The molecular formula is C28H29NO13. The molecule has 14 heteroatoms. The Labute approximate surface area is 239 Å². The van der Waals surface area contributed by atoms with Gasteiger partial charge in [0, 0.05) is 38.9 Å². The number of carboxylic acids is 1. The number of benzene rings is 2. The van der Waals surface area contributed by atoms with Gasteiger partial charge in [-0.05, 0) is 23.8 Å². The van der Waals surface area contributed by atoms with Gasteiger partial charge in [-0.1, -0.05) is 30.3 Å². The number of aliphatic carboxylic acids is 1. The summed E-state index contributed by atoms with van der Waals surface area (Å²) in [5.41, 5.74) is 1.15. The number of anilines is 1. The van der Waals surface area contributed by atoms with E-state index in [9.17, 15) is 28.8 Å². The number of ether oxygens (including phenoxy) is 6. The molecule has 224 valence electrons. The molecule has 0 radical (unpaired) electrons. The first-order chi connectivity index (χ1) is 19.8. The van der Waals surface area contributed by atoms with Gasteiger partial charge in [-0.3, -0.25) is 24.0 Å². The first kappa shape index (κ1) is 31.5. The van der Waals surface area contributed by atoms with Crippen molar-refractivity contribution in [3.8, 4) is 16.9 Å². The Kier molecular flexibility index (Phi) is 10.6. The monoisotopic (exact) mass is 587 g/mol. The standard InChI is InChI=1S/C28H29NO13/c1-14(30)37-13-22-23(38-15(2)31)24(39-16(3)32)25(40-17(4)33)28(42-22)41-21-11-6-5-10-20(21)18-8-7-9-19(12-18)29-26(34)27(35)36/h5-12,22-25,28H,13H2,1-4H3,(H,29,34)(H,35,36)/t22-,23-,24+,25+,28+/m1/s1. The van der Waals surface area contributed by atoms with Crippen LogP contribution in [0.3, 0.4) is 0 Å². The Morgan fingerprint density at radius 1 is 0.786 bits per heavy atom. The fourth-order valence-corrected chi connectivity index (χ4v) is 4.17. The highest BCUT2D eigenvalue weighted by Crippen LogP contribution is 2.36. The third kappa shape index (κ3) is 8.51. The van der Waals surface area contributed by atoms with Crippen molar-refractivity contribution in [1.82, 2.24) is 0 Å². The third-order valence-electron chi connectivity index (χ3n) is 5.70. The maximum Gasteiger partial charge on any atom is 0.394 e. The molecular weight excluding hydrogens is 558 g/mol. The summed E-state index contributed by atoms with van der Waals surface area (Å²) in [6.45, 7) is 4.06. The van der Waals surface area contributed by atoms with Crippen molar-refractivity contribution in [1.29, 1.82) is 0 Å². The summed E-state index contributed by atoms with van der Waals surface area (Å²) in [5.74, 6) is -5.72. The molecule has 0 aliphatic carbocycles. The van der Waals surface area contributed by atoms with Crippen LogP contribution in [0, 0.1) is 0 Å². The fourth-order valence-electron chi connectivity index (χ4n) is 4.17. The van der Waals surface area contributed by atoms with Gasteiger partial charge >= 0.3 is 35.8 Å². The van der Waals surface area contributed by atoms with Crippen molar-refractivity contribution in [3.63, 3.8) is 0 Å². The molecule has 1 fully saturated rings. The lowest BCUT2D eigenvalue weighted by Crippen LogP contribution is -2.63. The predicted octanol–water partition coefficient (Wildman–Crippen LogP) is 1.84. The van der Waals surface area contributed by atoms with E-state index in [-0.39, 0.29) is 11.4 Å². The summed E-state index contributed by atoms with van der Waals surface area (Å²) in [7, 11) is 0. The van der Waals surface area contributed by atoms with E-state index in [1.54, 1.807) is 36.4 Å². The lowest BCUT2D eigenvalue weighted by atomic mass is 9.98. The number of hydrogen-bond donors (Lipinski definition) is 2. The number of hydrogen-bond acceptors (Lipinski definition) is 12.